The summed E-state index contributed by atoms with van der Waals surface area (Å²) in [5.41, 5.74) is 2.26. The molecule has 1 aromatic carbocycles. The summed E-state index contributed by atoms with van der Waals surface area (Å²) in [6, 6.07) is 9.49. The van der Waals surface area contributed by atoms with Crippen LogP contribution in [-0.2, 0) is 13.1 Å². The van der Waals surface area contributed by atoms with Crippen molar-refractivity contribution in [1.82, 2.24) is 21.1 Å². The van der Waals surface area contributed by atoms with E-state index in [0.717, 1.165) is 23.6 Å². The van der Waals surface area contributed by atoms with E-state index in [1.807, 2.05) is 58.0 Å². The number of nitrogens with zero attached hydrogens (tertiary/aromatic N) is 2. The van der Waals surface area contributed by atoms with Gasteiger partial charge >= 0.3 is 0 Å². The number of benzene rings is 1. The molecule has 1 aromatic heterocycles. The van der Waals surface area contributed by atoms with Gasteiger partial charge in [0.05, 0.1) is 18.8 Å². The van der Waals surface area contributed by atoms with E-state index in [9.17, 15) is 4.79 Å². The fraction of sp³-hybridized carbons (Fsp3) is 0.500. The van der Waals surface area contributed by atoms with E-state index in [-0.39, 0.29) is 11.4 Å². The number of aliphatic imine (C=N–C) groups is 1. The van der Waals surface area contributed by atoms with Crippen molar-refractivity contribution < 1.29 is 9.32 Å². The van der Waals surface area contributed by atoms with Crippen molar-refractivity contribution in [1.29, 1.82) is 0 Å². The molecule has 0 atom stereocenters. The number of nitrogens with one attached hydrogen (secondary N) is 3. The summed E-state index contributed by atoms with van der Waals surface area (Å²) in [6.07, 6.45) is 0. The Hall–Kier alpha value is -2.83. The zero-order chi connectivity index (χ0) is 21.4. The first-order valence-corrected chi connectivity index (χ1v) is 10.1. The van der Waals surface area contributed by atoms with E-state index in [1.165, 1.54) is 0 Å². The Morgan fingerprint density at radius 2 is 1.97 bits per heavy atom. The predicted octanol–water partition coefficient (Wildman–Crippen LogP) is 3.58. The largest absolute Gasteiger partial charge is 0.359 e. The Morgan fingerprint density at radius 3 is 2.59 bits per heavy atom. The summed E-state index contributed by atoms with van der Waals surface area (Å²) in [7, 11) is 0. The molecule has 0 bridgehead atoms. The van der Waals surface area contributed by atoms with Crippen molar-refractivity contribution in [3.8, 4) is 0 Å². The Morgan fingerprint density at radius 1 is 1.21 bits per heavy atom. The third-order valence-corrected chi connectivity index (χ3v) is 4.04. The zero-order valence-corrected chi connectivity index (χ0v) is 18.3. The molecule has 7 heteroatoms. The van der Waals surface area contributed by atoms with Crippen LogP contribution >= 0.6 is 0 Å². The molecule has 0 saturated heterocycles. The molecular formula is C22H33N5O2. The number of rotatable bonds is 7. The molecule has 158 valence electrons. The van der Waals surface area contributed by atoms with Crippen LogP contribution in [0, 0.1) is 0 Å². The minimum absolute atomic E-state index is 0.0837. The van der Waals surface area contributed by atoms with Gasteiger partial charge in [-0.25, -0.2) is 4.99 Å². The summed E-state index contributed by atoms with van der Waals surface area (Å²) in [5, 5.41) is 13.5. The van der Waals surface area contributed by atoms with E-state index >= 15 is 0 Å². The number of hydrogen-bond donors (Lipinski definition) is 3. The highest BCUT2D eigenvalue weighted by Gasteiger charge is 2.15. The van der Waals surface area contributed by atoms with Crippen LogP contribution in [-0.4, -0.2) is 29.1 Å². The molecule has 0 aliphatic heterocycles. The maximum absolute atomic E-state index is 12.4. The second kappa shape index (κ2) is 10.1. The van der Waals surface area contributed by atoms with Gasteiger partial charge in [0.15, 0.2) is 11.7 Å². The standard InChI is InChI=1S/C22H33N5O2/c1-7-23-21(25-14-18-12-19(15(2)3)27-29-18)24-13-16-9-8-10-17(11-16)20(28)26-22(4,5)6/h8-12,15H,7,13-14H2,1-6H3,(H,26,28)(H2,23,24,25). The lowest BCUT2D eigenvalue weighted by molar-refractivity contribution is 0.0919. The van der Waals surface area contributed by atoms with Crippen LogP contribution in [0.1, 0.15) is 74.8 Å². The molecule has 3 N–H and O–H groups in total. The highest BCUT2D eigenvalue weighted by Crippen LogP contribution is 2.14. The van der Waals surface area contributed by atoms with E-state index in [1.54, 1.807) is 0 Å². The van der Waals surface area contributed by atoms with Crippen LogP contribution in [0.3, 0.4) is 0 Å². The molecule has 0 unspecified atom stereocenters. The predicted molar refractivity (Wildman–Crippen MR) is 116 cm³/mol. The zero-order valence-electron chi connectivity index (χ0n) is 18.3. The number of carbonyl (C=O) groups is 1. The van der Waals surface area contributed by atoms with Gasteiger partial charge in [0, 0.05) is 23.7 Å². The Labute approximate surface area is 173 Å². The molecule has 1 amide bonds. The number of carbonyl (C=O) groups excluding carboxylic acids is 1. The normalized spacial score (nSPS) is 12.2. The quantitative estimate of drug-likeness (QED) is 0.489. The molecule has 2 rings (SSSR count). The Kier molecular flexibility index (Phi) is 7.82. The molecule has 0 saturated carbocycles. The first-order valence-electron chi connectivity index (χ1n) is 10.1. The van der Waals surface area contributed by atoms with Crippen LogP contribution in [0.2, 0.25) is 0 Å². The molecular weight excluding hydrogens is 366 g/mol. The lowest BCUT2D eigenvalue weighted by Crippen LogP contribution is -2.40. The highest BCUT2D eigenvalue weighted by atomic mass is 16.5. The number of hydrogen-bond acceptors (Lipinski definition) is 4. The van der Waals surface area contributed by atoms with Gasteiger partial charge in [-0.2, -0.15) is 0 Å². The van der Waals surface area contributed by atoms with Crippen molar-refractivity contribution >= 4 is 11.9 Å². The molecule has 7 nitrogen and oxygen atoms in total. The third kappa shape index (κ3) is 7.60. The van der Waals surface area contributed by atoms with Crippen molar-refractivity contribution in [2.45, 2.75) is 66.1 Å². The van der Waals surface area contributed by atoms with E-state index < -0.39 is 0 Å². The van der Waals surface area contributed by atoms with Crippen molar-refractivity contribution in [2.24, 2.45) is 4.99 Å². The minimum Gasteiger partial charge on any atom is -0.359 e. The lowest BCUT2D eigenvalue weighted by atomic mass is 10.1. The SMILES string of the molecule is CCNC(=NCc1cccc(C(=O)NC(C)(C)C)c1)NCc1cc(C(C)C)no1. The maximum atomic E-state index is 12.4. The third-order valence-electron chi connectivity index (χ3n) is 4.04. The van der Waals surface area contributed by atoms with Crippen LogP contribution in [0.4, 0.5) is 0 Å². The number of guanidine groups is 1. The van der Waals surface area contributed by atoms with Gasteiger partial charge in [0.2, 0.25) is 0 Å². The summed E-state index contributed by atoms with van der Waals surface area (Å²) < 4.78 is 5.36. The monoisotopic (exact) mass is 399 g/mol. The summed E-state index contributed by atoms with van der Waals surface area (Å²) in [6.45, 7) is 13.8. The Balaban J connectivity index is 2.01. The number of amides is 1. The van der Waals surface area contributed by atoms with Gasteiger partial charge in [-0.05, 0) is 51.3 Å². The van der Waals surface area contributed by atoms with Crippen LogP contribution in [0.25, 0.3) is 0 Å². The summed E-state index contributed by atoms with van der Waals surface area (Å²) in [5.74, 6) is 1.69. The molecule has 29 heavy (non-hydrogen) atoms. The lowest BCUT2D eigenvalue weighted by Gasteiger charge is -2.20. The first-order chi connectivity index (χ1) is 13.7. The van der Waals surface area contributed by atoms with Gasteiger partial charge < -0.3 is 20.5 Å². The molecule has 0 aliphatic rings. The van der Waals surface area contributed by atoms with Crippen molar-refractivity contribution in [3.63, 3.8) is 0 Å². The molecule has 0 aliphatic carbocycles. The molecule has 0 radical (unpaired) electrons. The van der Waals surface area contributed by atoms with Gasteiger partial charge in [-0.1, -0.05) is 31.1 Å². The van der Waals surface area contributed by atoms with Gasteiger partial charge in [0.25, 0.3) is 5.91 Å². The average molecular weight is 400 g/mol. The summed E-state index contributed by atoms with van der Waals surface area (Å²) >= 11 is 0. The van der Waals surface area contributed by atoms with Gasteiger partial charge in [-0.15, -0.1) is 0 Å². The van der Waals surface area contributed by atoms with Crippen molar-refractivity contribution in [3.05, 3.63) is 52.9 Å². The average Bonchev–Trinajstić information content (AvgIpc) is 3.12. The van der Waals surface area contributed by atoms with Crippen LogP contribution < -0.4 is 16.0 Å². The van der Waals surface area contributed by atoms with Crippen LogP contribution in [0.5, 0.6) is 0 Å². The fourth-order valence-corrected chi connectivity index (χ4v) is 2.59. The minimum atomic E-state index is -0.274. The van der Waals surface area contributed by atoms with Crippen molar-refractivity contribution in [2.75, 3.05) is 6.54 Å². The van der Waals surface area contributed by atoms with E-state index in [4.69, 9.17) is 4.52 Å². The van der Waals surface area contributed by atoms with Gasteiger partial charge in [0.1, 0.15) is 0 Å². The first kappa shape index (κ1) is 22.5. The fourth-order valence-electron chi connectivity index (χ4n) is 2.59. The number of aromatic nitrogens is 1. The highest BCUT2D eigenvalue weighted by molar-refractivity contribution is 5.94. The second-order valence-electron chi connectivity index (χ2n) is 8.33. The van der Waals surface area contributed by atoms with Crippen LogP contribution in [0.15, 0.2) is 39.8 Å². The topological polar surface area (TPSA) is 91.5 Å². The Bertz CT molecular complexity index is 834. The second-order valence-corrected chi connectivity index (χ2v) is 8.33. The maximum Gasteiger partial charge on any atom is 0.251 e. The van der Waals surface area contributed by atoms with Gasteiger partial charge in [-0.3, -0.25) is 4.79 Å². The smallest absolute Gasteiger partial charge is 0.251 e. The molecule has 0 spiro atoms. The molecule has 0 fully saturated rings. The van der Waals surface area contributed by atoms with E-state index in [0.29, 0.717) is 30.5 Å². The molecule has 1 heterocycles. The summed E-state index contributed by atoms with van der Waals surface area (Å²) in [4.78, 5) is 17.0. The molecule has 2 aromatic rings. The van der Waals surface area contributed by atoms with E-state index in [2.05, 4.69) is 39.9 Å².